The van der Waals surface area contributed by atoms with Crippen LogP contribution in [-0.4, -0.2) is 17.3 Å². The molecule has 0 saturated heterocycles. The molecule has 0 amide bonds. The van der Waals surface area contributed by atoms with E-state index in [1.165, 1.54) is 12.1 Å². The molecule has 0 atom stereocenters. The van der Waals surface area contributed by atoms with Crippen molar-refractivity contribution in [3.05, 3.63) is 52.2 Å². The van der Waals surface area contributed by atoms with Crippen LogP contribution in [0.4, 0.5) is 0 Å². The molecule has 2 aromatic carbocycles. The Labute approximate surface area is 151 Å². The van der Waals surface area contributed by atoms with Crippen molar-refractivity contribution in [2.24, 2.45) is 5.92 Å². The van der Waals surface area contributed by atoms with Crippen molar-refractivity contribution in [3.8, 4) is 28.6 Å². The van der Waals surface area contributed by atoms with Crippen LogP contribution in [0, 0.1) is 5.92 Å². The Morgan fingerprint density at radius 2 is 1.77 bits per heavy atom. The second-order valence-corrected chi connectivity index (χ2v) is 6.73. The molecule has 2 N–H and O–H groups in total. The summed E-state index contributed by atoms with van der Waals surface area (Å²) < 4.78 is 11.1. The van der Waals surface area contributed by atoms with Crippen molar-refractivity contribution in [2.75, 3.05) is 7.11 Å². The quantitative estimate of drug-likeness (QED) is 0.707. The Morgan fingerprint density at radius 3 is 2.38 bits per heavy atom. The first-order chi connectivity index (χ1) is 12.4. The second-order valence-electron chi connectivity index (χ2n) is 6.73. The van der Waals surface area contributed by atoms with E-state index in [9.17, 15) is 15.0 Å². The highest BCUT2D eigenvalue weighted by molar-refractivity contribution is 5.89. The van der Waals surface area contributed by atoms with Crippen LogP contribution >= 0.6 is 0 Å². The molecule has 0 spiro atoms. The number of aryl methyl sites for hydroxylation is 1. The molecule has 3 aromatic rings. The van der Waals surface area contributed by atoms with E-state index in [0.717, 1.165) is 6.42 Å². The van der Waals surface area contributed by atoms with Crippen LogP contribution < -0.4 is 10.2 Å². The van der Waals surface area contributed by atoms with E-state index < -0.39 is 0 Å². The summed E-state index contributed by atoms with van der Waals surface area (Å²) in [5.74, 6) is 1.16. The zero-order chi connectivity index (χ0) is 18.8. The minimum atomic E-state index is -0.347. The summed E-state index contributed by atoms with van der Waals surface area (Å²) >= 11 is 0. The van der Waals surface area contributed by atoms with Gasteiger partial charge in [-0.15, -0.1) is 0 Å². The SMILES string of the molecule is COc1ccc(-c2cc(=O)c3c(O)cc(O)c(CCC(C)C)c3o2)cc1. The van der Waals surface area contributed by atoms with Crippen molar-refractivity contribution in [1.82, 2.24) is 0 Å². The number of phenols is 2. The molecule has 0 aliphatic heterocycles. The van der Waals surface area contributed by atoms with Crippen LogP contribution in [0.1, 0.15) is 25.8 Å². The van der Waals surface area contributed by atoms with Crippen molar-refractivity contribution >= 4 is 11.0 Å². The van der Waals surface area contributed by atoms with Gasteiger partial charge in [-0.25, -0.2) is 0 Å². The van der Waals surface area contributed by atoms with Crippen LogP contribution in [0.2, 0.25) is 0 Å². The number of ether oxygens (including phenoxy) is 1. The van der Waals surface area contributed by atoms with Crippen LogP contribution in [0.5, 0.6) is 17.2 Å². The topological polar surface area (TPSA) is 79.9 Å². The molecule has 0 radical (unpaired) electrons. The molecular weight excluding hydrogens is 332 g/mol. The summed E-state index contributed by atoms with van der Waals surface area (Å²) in [7, 11) is 1.58. The highest BCUT2D eigenvalue weighted by atomic mass is 16.5. The first-order valence-corrected chi connectivity index (χ1v) is 8.56. The van der Waals surface area contributed by atoms with E-state index in [1.54, 1.807) is 31.4 Å². The average Bonchev–Trinajstić information content (AvgIpc) is 2.60. The number of hydrogen-bond donors (Lipinski definition) is 2. The van der Waals surface area contributed by atoms with Gasteiger partial charge in [0.25, 0.3) is 0 Å². The normalized spacial score (nSPS) is 11.2. The molecule has 0 unspecified atom stereocenters. The highest BCUT2D eigenvalue weighted by Crippen LogP contribution is 2.36. The van der Waals surface area contributed by atoms with Gasteiger partial charge in [0.1, 0.15) is 34.0 Å². The van der Waals surface area contributed by atoms with E-state index in [4.69, 9.17) is 9.15 Å². The van der Waals surface area contributed by atoms with Gasteiger partial charge >= 0.3 is 0 Å². The van der Waals surface area contributed by atoms with E-state index in [-0.39, 0.29) is 27.9 Å². The lowest BCUT2D eigenvalue weighted by Gasteiger charge is -2.12. The molecule has 0 fully saturated rings. The van der Waals surface area contributed by atoms with Gasteiger partial charge in [0.2, 0.25) is 0 Å². The zero-order valence-corrected chi connectivity index (χ0v) is 15.1. The molecule has 0 aliphatic rings. The summed E-state index contributed by atoms with van der Waals surface area (Å²) in [4.78, 5) is 12.6. The smallest absolute Gasteiger partial charge is 0.197 e. The second kappa shape index (κ2) is 7.12. The summed E-state index contributed by atoms with van der Waals surface area (Å²) in [6.45, 7) is 4.16. The molecule has 3 rings (SSSR count). The summed E-state index contributed by atoms with van der Waals surface area (Å²) in [6, 6.07) is 9.70. The number of hydrogen-bond acceptors (Lipinski definition) is 5. The third kappa shape index (κ3) is 3.38. The fraction of sp³-hybridized carbons (Fsp3) is 0.286. The van der Waals surface area contributed by atoms with Crippen LogP contribution in [0.15, 0.2) is 45.6 Å². The van der Waals surface area contributed by atoms with Crippen LogP contribution in [-0.2, 0) is 6.42 Å². The van der Waals surface area contributed by atoms with Crippen molar-refractivity contribution in [3.63, 3.8) is 0 Å². The third-order valence-electron chi connectivity index (χ3n) is 4.41. The van der Waals surface area contributed by atoms with Crippen molar-refractivity contribution in [1.29, 1.82) is 0 Å². The van der Waals surface area contributed by atoms with Gasteiger partial charge in [0, 0.05) is 23.3 Å². The fourth-order valence-corrected chi connectivity index (χ4v) is 2.93. The fourth-order valence-electron chi connectivity index (χ4n) is 2.93. The van der Waals surface area contributed by atoms with Gasteiger partial charge < -0.3 is 19.4 Å². The van der Waals surface area contributed by atoms with Crippen molar-refractivity contribution in [2.45, 2.75) is 26.7 Å². The number of benzene rings is 2. The van der Waals surface area contributed by atoms with Crippen LogP contribution in [0.25, 0.3) is 22.3 Å². The van der Waals surface area contributed by atoms with E-state index in [0.29, 0.717) is 35.0 Å². The lowest BCUT2D eigenvalue weighted by Crippen LogP contribution is -2.04. The summed E-state index contributed by atoms with van der Waals surface area (Å²) in [6.07, 6.45) is 1.37. The maximum absolute atomic E-state index is 12.6. The minimum absolute atomic E-state index is 0.0642. The molecule has 1 aromatic heterocycles. The van der Waals surface area contributed by atoms with Gasteiger partial charge in [0.15, 0.2) is 5.43 Å². The number of aromatic hydroxyl groups is 2. The first kappa shape index (κ1) is 17.9. The van der Waals surface area contributed by atoms with Gasteiger partial charge in [-0.05, 0) is 43.0 Å². The van der Waals surface area contributed by atoms with Gasteiger partial charge in [0.05, 0.1) is 7.11 Å². The summed E-state index contributed by atoms with van der Waals surface area (Å²) in [5.41, 5.74) is 1.14. The molecule has 136 valence electrons. The Hall–Kier alpha value is -2.95. The predicted octanol–water partition coefficient (Wildman–Crippen LogP) is 4.47. The lowest BCUT2D eigenvalue weighted by molar-refractivity contribution is 0.415. The maximum Gasteiger partial charge on any atom is 0.197 e. The Morgan fingerprint density at radius 1 is 1.08 bits per heavy atom. The molecule has 0 saturated carbocycles. The largest absolute Gasteiger partial charge is 0.507 e. The molecule has 5 nitrogen and oxygen atoms in total. The standard InChI is InChI=1S/C21H22O5/c1-12(2)4-9-15-16(22)10-17(23)20-18(24)11-19(26-21(15)20)13-5-7-14(25-3)8-6-13/h5-8,10-12,22-23H,4,9H2,1-3H3. The van der Waals surface area contributed by atoms with E-state index in [1.807, 2.05) is 0 Å². The number of phenolic OH excluding ortho intramolecular Hbond substituents is 2. The zero-order valence-electron chi connectivity index (χ0n) is 15.1. The summed E-state index contributed by atoms with van der Waals surface area (Å²) in [5, 5.41) is 20.5. The van der Waals surface area contributed by atoms with Crippen LogP contribution in [0.3, 0.4) is 0 Å². The Kier molecular flexibility index (Phi) is 4.89. The first-order valence-electron chi connectivity index (χ1n) is 8.56. The van der Waals surface area contributed by atoms with Gasteiger partial charge in [-0.1, -0.05) is 13.8 Å². The molecule has 5 heteroatoms. The molecule has 1 heterocycles. The van der Waals surface area contributed by atoms with Gasteiger partial charge in [-0.3, -0.25) is 4.79 Å². The predicted molar refractivity (Wildman–Crippen MR) is 101 cm³/mol. The molecule has 0 bridgehead atoms. The lowest BCUT2D eigenvalue weighted by atomic mass is 9.99. The Bertz CT molecular complexity index is 984. The number of methoxy groups -OCH3 is 1. The number of fused-ring (bicyclic) bond motifs is 1. The molecule has 0 aliphatic carbocycles. The van der Waals surface area contributed by atoms with Gasteiger partial charge in [-0.2, -0.15) is 0 Å². The Balaban J connectivity index is 2.21. The molecular formula is C21H22O5. The number of rotatable bonds is 5. The van der Waals surface area contributed by atoms with Crippen molar-refractivity contribution < 1.29 is 19.4 Å². The highest BCUT2D eigenvalue weighted by Gasteiger charge is 2.18. The third-order valence-corrected chi connectivity index (χ3v) is 4.41. The van der Waals surface area contributed by atoms with E-state index >= 15 is 0 Å². The molecule has 26 heavy (non-hydrogen) atoms. The minimum Gasteiger partial charge on any atom is -0.507 e. The average molecular weight is 354 g/mol. The maximum atomic E-state index is 12.6. The van der Waals surface area contributed by atoms with E-state index in [2.05, 4.69) is 13.8 Å². The monoisotopic (exact) mass is 354 g/mol.